The van der Waals surface area contributed by atoms with Gasteiger partial charge in [0.05, 0.1) is 19.1 Å². The van der Waals surface area contributed by atoms with E-state index in [0.717, 1.165) is 42.4 Å². The minimum Gasteiger partial charge on any atom is -0.466 e. The van der Waals surface area contributed by atoms with Crippen molar-refractivity contribution in [2.75, 3.05) is 26.0 Å². The molecule has 1 unspecified atom stereocenters. The van der Waals surface area contributed by atoms with Crippen LogP contribution in [0.5, 0.6) is 0 Å². The minimum absolute atomic E-state index is 0.0409. The Morgan fingerprint density at radius 2 is 1.68 bits per heavy atom. The molecule has 8 nitrogen and oxygen atoms in total. The molecule has 9 heteroatoms. The lowest BCUT2D eigenvalue weighted by atomic mass is 9.88. The largest absolute Gasteiger partial charge is 0.466 e. The molecule has 1 amide bonds. The van der Waals surface area contributed by atoms with Crippen LogP contribution in [0.3, 0.4) is 0 Å². The summed E-state index contributed by atoms with van der Waals surface area (Å²) in [7, 11) is -4.41. The first-order chi connectivity index (χ1) is 17.7. The van der Waals surface area contributed by atoms with E-state index in [4.69, 9.17) is 4.74 Å². The lowest BCUT2D eigenvalue weighted by molar-refractivity contribution is -0.143. The Kier molecular flexibility index (Phi) is 11.3. The second-order valence-corrected chi connectivity index (χ2v) is 11.3. The van der Waals surface area contributed by atoms with Crippen molar-refractivity contribution in [3.05, 3.63) is 60.2 Å². The number of nitrogens with zero attached hydrogens (tertiary/aromatic N) is 1. The van der Waals surface area contributed by atoms with Crippen LogP contribution in [0.1, 0.15) is 51.0 Å². The molecule has 3 N–H and O–H groups in total. The molecule has 37 heavy (non-hydrogen) atoms. The van der Waals surface area contributed by atoms with Crippen LogP contribution in [0, 0.1) is 5.92 Å². The van der Waals surface area contributed by atoms with Gasteiger partial charge in [-0.25, -0.2) is 0 Å². The van der Waals surface area contributed by atoms with Crippen LogP contribution in [-0.2, 0) is 25.3 Å². The molecule has 1 aliphatic rings. The van der Waals surface area contributed by atoms with Gasteiger partial charge in [0.25, 0.3) is 0 Å². The van der Waals surface area contributed by atoms with E-state index < -0.39 is 25.9 Å². The number of rotatable bonds is 13. The molecule has 0 spiro atoms. The monoisotopic (exact) mass is 530 g/mol. The average molecular weight is 531 g/mol. The van der Waals surface area contributed by atoms with Crippen molar-refractivity contribution >= 4 is 19.5 Å². The van der Waals surface area contributed by atoms with E-state index in [1.54, 1.807) is 11.8 Å². The highest BCUT2D eigenvalue weighted by Gasteiger charge is 2.33. The Balaban J connectivity index is 1.80. The number of hydrogen-bond acceptors (Lipinski definition) is 5. The highest BCUT2D eigenvalue weighted by atomic mass is 31.2. The maximum absolute atomic E-state index is 13.4. The molecule has 0 aromatic heterocycles. The standard InChI is InChI=1S/C28H39N2O6P/c1-2-36-27(31)17-18-29-28(32)26(30(21-37(33,34)35)20-23-9-5-3-6-10-23)19-22-13-15-25(16-14-22)24-11-7-4-8-12-24/h4,7-8,11-16,23,26H,2-3,5-6,9-10,17-21H2,1H3,(H,29,32)(H2,33,34,35). The number of esters is 1. The second-order valence-electron chi connectivity index (χ2n) is 9.71. The van der Waals surface area contributed by atoms with Crippen LogP contribution >= 0.6 is 7.60 Å². The SMILES string of the molecule is CCOC(=O)CCNC(=O)C(Cc1ccc(-c2ccccc2)cc1)N(CC1CCCCC1)CP(=O)(O)O. The number of benzene rings is 2. The van der Waals surface area contributed by atoms with E-state index >= 15 is 0 Å². The van der Waals surface area contributed by atoms with Crippen LogP contribution < -0.4 is 5.32 Å². The summed E-state index contributed by atoms with van der Waals surface area (Å²) >= 11 is 0. The second kappa shape index (κ2) is 14.4. The van der Waals surface area contributed by atoms with Crippen LogP contribution in [0.25, 0.3) is 11.1 Å². The summed E-state index contributed by atoms with van der Waals surface area (Å²) in [6.45, 7) is 2.55. The topological polar surface area (TPSA) is 116 Å². The lowest BCUT2D eigenvalue weighted by Gasteiger charge is -2.35. The molecular weight excluding hydrogens is 491 g/mol. The Labute approximate surface area is 219 Å². The molecular formula is C28H39N2O6P. The van der Waals surface area contributed by atoms with Crippen LogP contribution in [0.2, 0.25) is 0 Å². The van der Waals surface area contributed by atoms with Gasteiger partial charge < -0.3 is 19.8 Å². The summed E-state index contributed by atoms with van der Waals surface area (Å²) in [6.07, 6.45) is 5.17. The molecule has 0 heterocycles. The van der Waals surface area contributed by atoms with Gasteiger partial charge in [0.15, 0.2) is 0 Å². The number of ether oxygens (including phenoxy) is 1. The van der Waals surface area contributed by atoms with Crippen molar-refractivity contribution in [3.63, 3.8) is 0 Å². The van der Waals surface area contributed by atoms with Gasteiger partial charge in [-0.3, -0.25) is 19.1 Å². The maximum atomic E-state index is 13.4. The summed E-state index contributed by atoms with van der Waals surface area (Å²) in [6, 6.07) is 17.1. The van der Waals surface area contributed by atoms with Crippen LogP contribution in [-0.4, -0.2) is 58.6 Å². The fourth-order valence-electron chi connectivity index (χ4n) is 4.94. The molecule has 2 aromatic rings. The third-order valence-corrected chi connectivity index (χ3v) is 7.48. The van der Waals surface area contributed by atoms with Crippen molar-refractivity contribution < 1.29 is 28.7 Å². The Bertz CT molecular complexity index is 1030. The van der Waals surface area contributed by atoms with E-state index in [9.17, 15) is 23.9 Å². The molecule has 1 saturated carbocycles. The van der Waals surface area contributed by atoms with E-state index in [1.807, 2.05) is 54.6 Å². The summed E-state index contributed by atoms with van der Waals surface area (Å²) in [5.74, 6) is -0.457. The van der Waals surface area contributed by atoms with E-state index in [0.29, 0.717) is 13.0 Å². The predicted molar refractivity (Wildman–Crippen MR) is 144 cm³/mol. The minimum atomic E-state index is -4.41. The molecule has 0 saturated heterocycles. The van der Waals surface area contributed by atoms with E-state index in [2.05, 4.69) is 5.32 Å². The summed E-state index contributed by atoms with van der Waals surface area (Å²) in [5, 5.41) is 2.80. The summed E-state index contributed by atoms with van der Waals surface area (Å²) in [5.41, 5.74) is 3.03. The van der Waals surface area contributed by atoms with Gasteiger partial charge in [-0.1, -0.05) is 73.9 Å². The summed E-state index contributed by atoms with van der Waals surface area (Å²) in [4.78, 5) is 46.5. The van der Waals surface area contributed by atoms with Gasteiger partial charge in [0, 0.05) is 13.1 Å². The molecule has 2 aromatic carbocycles. The van der Waals surface area contributed by atoms with Crippen molar-refractivity contribution in [2.24, 2.45) is 5.92 Å². The van der Waals surface area contributed by atoms with Gasteiger partial charge in [-0.05, 0) is 48.8 Å². The smallest absolute Gasteiger partial charge is 0.339 e. The molecule has 3 rings (SSSR count). The summed E-state index contributed by atoms with van der Waals surface area (Å²) < 4.78 is 17.0. The van der Waals surface area contributed by atoms with E-state index in [-0.39, 0.29) is 31.4 Å². The Morgan fingerprint density at radius 1 is 1.03 bits per heavy atom. The highest BCUT2D eigenvalue weighted by Crippen LogP contribution is 2.37. The molecule has 1 fully saturated rings. The van der Waals surface area contributed by atoms with Gasteiger partial charge in [0.2, 0.25) is 5.91 Å². The van der Waals surface area contributed by atoms with Gasteiger partial charge in [0.1, 0.15) is 6.29 Å². The van der Waals surface area contributed by atoms with E-state index in [1.165, 1.54) is 6.42 Å². The van der Waals surface area contributed by atoms with Crippen LogP contribution in [0.15, 0.2) is 54.6 Å². The molecule has 1 atom stereocenters. The highest BCUT2D eigenvalue weighted by molar-refractivity contribution is 7.51. The van der Waals surface area contributed by atoms with Gasteiger partial charge >= 0.3 is 13.6 Å². The molecule has 0 radical (unpaired) electrons. The van der Waals surface area contributed by atoms with Crippen molar-refractivity contribution in [1.29, 1.82) is 0 Å². The molecule has 0 aliphatic heterocycles. The normalized spacial score (nSPS) is 15.4. The Hall–Kier alpha value is -2.51. The van der Waals surface area contributed by atoms with Crippen molar-refractivity contribution in [3.8, 4) is 11.1 Å². The molecule has 202 valence electrons. The number of hydrogen-bond donors (Lipinski definition) is 3. The fourth-order valence-corrected chi connectivity index (χ4v) is 5.72. The first kappa shape index (κ1) is 29.1. The quantitative estimate of drug-likeness (QED) is 0.260. The van der Waals surface area contributed by atoms with Crippen LogP contribution in [0.4, 0.5) is 0 Å². The maximum Gasteiger partial charge on any atom is 0.339 e. The van der Waals surface area contributed by atoms with Crippen molar-refractivity contribution in [2.45, 2.75) is 57.9 Å². The number of carbonyl (C=O) groups excluding carboxylic acids is 2. The average Bonchev–Trinajstić information content (AvgIpc) is 2.88. The molecule has 1 aliphatic carbocycles. The molecule has 0 bridgehead atoms. The lowest BCUT2D eigenvalue weighted by Crippen LogP contribution is -2.50. The fraction of sp³-hybridized carbons (Fsp3) is 0.500. The number of nitrogens with one attached hydrogen (secondary N) is 1. The zero-order valence-electron chi connectivity index (χ0n) is 21.6. The zero-order chi connectivity index (χ0) is 26.7. The zero-order valence-corrected chi connectivity index (χ0v) is 22.4. The van der Waals surface area contributed by atoms with Gasteiger partial charge in [-0.15, -0.1) is 0 Å². The third-order valence-electron chi connectivity index (χ3n) is 6.75. The predicted octanol–water partition coefficient (Wildman–Crippen LogP) is 4.35. The number of amides is 1. The van der Waals surface area contributed by atoms with Gasteiger partial charge in [-0.2, -0.15) is 0 Å². The third kappa shape index (κ3) is 10.0. The Morgan fingerprint density at radius 3 is 2.30 bits per heavy atom. The number of carbonyl (C=O) groups is 2. The first-order valence-electron chi connectivity index (χ1n) is 13.1. The van der Waals surface area contributed by atoms with Crippen molar-refractivity contribution in [1.82, 2.24) is 10.2 Å². The first-order valence-corrected chi connectivity index (χ1v) is 14.9.